The van der Waals surface area contributed by atoms with E-state index < -0.39 is 0 Å². The predicted molar refractivity (Wildman–Crippen MR) is 86.8 cm³/mol. The van der Waals surface area contributed by atoms with Crippen LogP contribution >= 0.6 is 12.2 Å². The third kappa shape index (κ3) is 2.45. The number of nitrogens with one attached hydrogen (secondary N) is 2. The molecule has 0 spiro atoms. The largest absolute Gasteiger partial charge is 0.488 e. The summed E-state index contributed by atoms with van der Waals surface area (Å²) < 4.78 is 32.5. The zero-order valence-electron chi connectivity index (χ0n) is 11.9. The molecule has 1 unspecified atom stereocenters. The molecule has 1 atom stereocenters. The minimum atomic E-state index is -0.342. The van der Waals surface area contributed by atoms with E-state index in [1.807, 2.05) is 0 Å². The summed E-state index contributed by atoms with van der Waals surface area (Å²) in [6.45, 7) is 0.346. The number of benzene rings is 2. The average molecular weight is 330 g/mol. The van der Waals surface area contributed by atoms with Gasteiger partial charge in [-0.2, -0.15) is 0 Å². The van der Waals surface area contributed by atoms with Gasteiger partial charge < -0.3 is 15.4 Å². The van der Waals surface area contributed by atoms with Crippen molar-refractivity contribution in [2.45, 2.75) is 6.04 Å². The van der Waals surface area contributed by atoms with Crippen LogP contribution in [0, 0.1) is 11.6 Å². The molecule has 0 aliphatic carbocycles. The monoisotopic (exact) mass is 330 g/mol. The highest BCUT2D eigenvalue weighted by Gasteiger charge is 2.32. The lowest BCUT2D eigenvalue weighted by atomic mass is 9.91. The zero-order chi connectivity index (χ0) is 16.0. The minimum absolute atomic E-state index is 0.240. The Labute approximate surface area is 137 Å². The second-order valence-electron chi connectivity index (χ2n) is 5.41. The first-order chi connectivity index (χ1) is 11.1. The smallest absolute Gasteiger partial charge is 0.171 e. The topological polar surface area (TPSA) is 33.3 Å². The summed E-state index contributed by atoms with van der Waals surface area (Å²) in [6.07, 6.45) is 0. The fourth-order valence-corrected chi connectivity index (χ4v) is 3.13. The molecule has 0 radical (unpaired) electrons. The Hall–Kier alpha value is -2.47. The van der Waals surface area contributed by atoms with Crippen LogP contribution in [-0.2, 0) is 0 Å². The first-order valence-electron chi connectivity index (χ1n) is 7.10. The van der Waals surface area contributed by atoms with E-state index in [4.69, 9.17) is 17.0 Å². The van der Waals surface area contributed by atoms with Crippen molar-refractivity contribution in [3.05, 3.63) is 70.8 Å². The van der Waals surface area contributed by atoms with Crippen molar-refractivity contribution in [3.8, 4) is 5.75 Å². The van der Waals surface area contributed by atoms with Gasteiger partial charge in [0.25, 0.3) is 0 Å². The van der Waals surface area contributed by atoms with Crippen molar-refractivity contribution >= 4 is 23.0 Å². The molecule has 0 fully saturated rings. The van der Waals surface area contributed by atoms with Crippen LogP contribution in [0.5, 0.6) is 5.75 Å². The van der Waals surface area contributed by atoms with Crippen LogP contribution in [0.2, 0.25) is 0 Å². The summed E-state index contributed by atoms with van der Waals surface area (Å²) in [5.41, 5.74) is 3.17. The lowest BCUT2D eigenvalue weighted by Gasteiger charge is -2.35. The Bertz CT molecular complexity index is 833. The highest BCUT2D eigenvalue weighted by molar-refractivity contribution is 7.80. The number of ether oxygens (including phenoxy) is 1. The van der Waals surface area contributed by atoms with Gasteiger partial charge in [0.1, 0.15) is 24.0 Å². The van der Waals surface area contributed by atoms with Gasteiger partial charge in [0.2, 0.25) is 0 Å². The second kappa shape index (κ2) is 5.31. The molecule has 2 aromatic carbocycles. The summed E-state index contributed by atoms with van der Waals surface area (Å²) in [6, 6.07) is 10.4. The standard InChI is InChI=1S/C17H12F2N2OS/c18-10-3-1-9(2-4-10)15-13-8-22-14-6-5-11(19)7-12(14)16(13)21-17(23)20-15/h1-7,15H,8H2,(H2,20,21,23). The van der Waals surface area contributed by atoms with E-state index >= 15 is 0 Å². The molecule has 0 saturated carbocycles. The van der Waals surface area contributed by atoms with Crippen molar-refractivity contribution in [3.63, 3.8) is 0 Å². The summed E-state index contributed by atoms with van der Waals surface area (Å²) >= 11 is 5.27. The number of thiocarbonyl (C=S) groups is 1. The Kier molecular flexibility index (Phi) is 3.27. The van der Waals surface area contributed by atoms with Gasteiger partial charge in [-0.1, -0.05) is 12.1 Å². The number of halogens is 2. The van der Waals surface area contributed by atoms with Crippen LogP contribution in [0.25, 0.3) is 5.70 Å². The molecule has 2 aliphatic heterocycles. The van der Waals surface area contributed by atoms with E-state index in [9.17, 15) is 8.78 Å². The average Bonchev–Trinajstić information content (AvgIpc) is 2.55. The van der Waals surface area contributed by atoms with Gasteiger partial charge in [-0.25, -0.2) is 8.78 Å². The SMILES string of the molecule is Fc1ccc(C2NC(=S)NC3=C2COc2ccc(F)cc23)cc1. The lowest BCUT2D eigenvalue weighted by Crippen LogP contribution is -2.45. The molecule has 0 saturated heterocycles. The van der Waals surface area contributed by atoms with Gasteiger partial charge in [0.05, 0.1) is 11.7 Å². The first kappa shape index (κ1) is 14.1. The summed E-state index contributed by atoms with van der Waals surface area (Å²) in [5.74, 6) is -0.0299. The quantitative estimate of drug-likeness (QED) is 0.786. The van der Waals surface area contributed by atoms with Crippen LogP contribution in [0.15, 0.2) is 48.0 Å². The Morgan fingerprint density at radius 3 is 2.57 bits per heavy atom. The van der Waals surface area contributed by atoms with Gasteiger partial charge in [0, 0.05) is 11.1 Å². The van der Waals surface area contributed by atoms with Gasteiger partial charge in [-0.3, -0.25) is 0 Å². The van der Waals surface area contributed by atoms with Crippen molar-refractivity contribution < 1.29 is 13.5 Å². The highest BCUT2D eigenvalue weighted by Crippen LogP contribution is 2.38. The molecule has 0 aromatic heterocycles. The van der Waals surface area contributed by atoms with E-state index in [0.717, 1.165) is 16.8 Å². The number of rotatable bonds is 1. The number of hydrogen-bond acceptors (Lipinski definition) is 2. The maximum Gasteiger partial charge on any atom is 0.171 e. The molecular formula is C17H12F2N2OS. The molecule has 3 nitrogen and oxygen atoms in total. The van der Waals surface area contributed by atoms with Gasteiger partial charge >= 0.3 is 0 Å². The Morgan fingerprint density at radius 1 is 1.04 bits per heavy atom. The van der Waals surface area contributed by atoms with Gasteiger partial charge in [0.15, 0.2) is 5.11 Å². The van der Waals surface area contributed by atoms with Crippen molar-refractivity contribution in [1.82, 2.24) is 10.6 Å². The van der Waals surface area contributed by atoms with Crippen LogP contribution in [-0.4, -0.2) is 11.7 Å². The molecule has 2 aromatic rings. The molecule has 0 amide bonds. The van der Waals surface area contributed by atoms with Crippen LogP contribution in [0.1, 0.15) is 17.2 Å². The summed E-state index contributed by atoms with van der Waals surface area (Å²) in [5, 5.41) is 6.70. The van der Waals surface area contributed by atoms with Crippen LogP contribution in [0.3, 0.4) is 0 Å². The van der Waals surface area contributed by atoms with E-state index in [0.29, 0.717) is 23.0 Å². The molecule has 23 heavy (non-hydrogen) atoms. The third-order valence-corrected chi connectivity index (χ3v) is 4.20. The molecular weight excluding hydrogens is 318 g/mol. The fraction of sp³-hybridized carbons (Fsp3) is 0.118. The predicted octanol–water partition coefficient (Wildman–Crippen LogP) is 3.29. The van der Waals surface area contributed by atoms with Crippen LogP contribution < -0.4 is 15.4 Å². The van der Waals surface area contributed by atoms with E-state index in [1.54, 1.807) is 18.2 Å². The van der Waals surface area contributed by atoms with E-state index in [-0.39, 0.29) is 17.7 Å². The first-order valence-corrected chi connectivity index (χ1v) is 7.51. The molecule has 116 valence electrons. The Morgan fingerprint density at radius 2 is 1.78 bits per heavy atom. The van der Waals surface area contributed by atoms with E-state index in [2.05, 4.69) is 10.6 Å². The third-order valence-electron chi connectivity index (χ3n) is 3.98. The van der Waals surface area contributed by atoms with Gasteiger partial charge in [-0.15, -0.1) is 0 Å². The molecule has 6 heteroatoms. The summed E-state index contributed by atoms with van der Waals surface area (Å²) in [7, 11) is 0. The van der Waals surface area contributed by atoms with Crippen molar-refractivity contribution in [2.24, 2.45) is 0 Å². The molecule has 2 heterocycles. The molecule has 0 bridgehead atoms. The molecule has 4 rings (SSSR count). The highest BCUT2D eigenvalue weighted by atomic mass is 32.1. The number of hydrogen-bond donors (Lipinski definition) is 2. The lowest BCUT2D eigenvalue weighted by molar-refractivity contribution is 0.331. The van der Waals surface area contributed by atoms with E-state index in [1.165, 1.54) is 24.3 Å². The zero-order valence-corrected chi connectivity index (χ0v) is 12.7. The van der Waals surface area contributed by atoms with Gasteiger partial charge in [-0.05, 0) is 48.1 Å². The van der Waals surface area contributed by atoms with Crippen molar-refractivity contribution in [2.75, 3.05) is 6.61 Å². The number of fused-ring (bicyclic) bond motifs is 2. The Balaban J connectivity index is 1.85. The molecule has 2 N–H and O–H groups in total. The maximum atomic E-state index is 13.6. The summed E-state index contributed by atoms with van der Waals surface area (Å²) in [4.78, 5) is 0. The molecule has 2 aliphatic rings. The fourth-order valence-electron chi connectivity index (χ4n) is 2.91. The minimum Gasteiger partial charge on any atom is -0.488 e. The normalized spacial score (nSPS) is 19.2. The van der Waals surface area contributed by atoms with Crippen molar-refractivity contribution in [1.29, 1.82) is 0 Å². The maximum absolute atomic E-state index is 13.6. The van der Waals surface area contributed by atoms with Crippen LogP contribution in [0.4, 0.5) is 8.78 Å². The second-order valence-corrected chi connectivity index (χ2v) is 5.82.